The van der Waals surface area contributed by atoms with Gasteiger partial charge in [0.05, 0.1) is 12.5 Å². The van der Waals surface area contributed by atoms with Crippen LogP contribution in [-0.4, -0.2) is 35.0 Å². The monoisotopic (exact) mass is 255 g/mol. The van der Waals surface area contributed by atoms with Gasteiger partial charge in [-0.05, 0) is 26.7 Å². The molecule has 0 bridgehead atoms. The van der Waals surface area contributed by atoms with Crippen LogP contribution in [-0.2, 0) is 9.53 Å². The quantitative estimate of drug-likeness (QED) is 0.768. The number of aromatic nitrogens is 2. The van der Waals surface area contributed by atoms with Crippen molar-refractivity contribution in [3.8, 4) is 0 Å². The van der Waals surface area contributed by atoms with Gasteiger partial charge in [0.25, 0.3) is 0 Å². The van der Waals surface area contributed by atoms with Crippen LogP contribution in [0.15, 0.2) is 0 Å². The van der Waals surface area contributed by atoms with Crippen molar-refractivity contribution >= 4 is 22.6 Å². The minimum atomic E-state index is -0.0550. The van der Waals surface area contributed by atoms with Gasteiger partial charge >= 0.3 is 5.97 Å². The van der Waals surface area contributed by atoms with Gasteiger partial charge in [-0.2, -0.15) is 4.37 Å². The highest BCUT2D eigenvalue weighted by Crippen LogP contribution is 2.25. The van der Waals surface area contributed by atoms with E-state index < -0.39 is 0 Å². The Morgan fingerprint density at radius 1 is 1.53 bits per heavy atom. The molecule has 1 fully saturated rings. The predicted molar refractivity (Wildman–Crippen MR) is 66.2 cm³/mol. The molecule has 1 aromatic rings. The second kappa shape index (κ2) is 5.44. The third kappa shape index (κ3) is 2.94. The van der Waals surface area contributed by atoms with Crippen LogP contribution < -0.4 is 4.90 Å². The molecule has 17 heavy (non-hydrogen) atoms. The summed E-state index contributed by atoms with van der Waals surface area (Å²) in [6, 6.07) is 0. The number of esters is 1. The third-order valence-corrected chi connectivity index (χ3v) is 3.77. The molecule has 6 heteroatoms. The Morgan fingerprint density at radius 2 is 2.24 bits per heavy atom. The van der Waals surface area contributed by atoms with Gasteiger partial charge in [-0.15, -0.1) is 0 Å². The highest BCUT2D eigenvalue weighted by Gasteiger charge is 2.27. The summed E-state index contributed by atoms with van der Waals surface area (Å²) in [6.45, 7) is 5.92. The lowest BCUT2D eigenvalue weighted by molar-refractivity contribution is -0.148. The summed E-state index contributed by atoms with van der Waals surface area (Å²) >= 11 is 1.42. The van der Waals surface area contributed by atoms with Gasteiger partial charge in [0, 0.05) is 24.6 Å². The van der Waals surface area contributed by atoms with Gasteiger partial charge in [-0.1, -0.05) is 0 Å². The van der Waals surface area contributed by atoms with Gasteiger partial charge in [0.15, 0.2) is 0 Å². The van der Waals surface area contributed by atoms with E-state index in [1.54, 1.807) is 0 Å². The minimum Gasteiger partial charge on any atom is -0.466 e. The molecule has 0 spiro atoms. The molecule has 1 saturated heterocycles. The molecule has 0 saturated carbocycles. The van der Waals surface area contributed by atoms with Crippen LogP contribution in [0.5, 0.6) is 0 Å². The molecular weight excluding hydrogens is 238 g/mol. The summed E-state index contributed by atoms with van der Waals surface area (Å²) in [5, 5.41) is 0.963. The van der Waals surface area contributed by atoms with Gasteiger partial charge in [0.2, 0.25) is 5.13 Å². The summed E-state index contributed by atoms with van der Waals surface area (Å²) in [5.41, 5.74) is 0. The fourth-order valence-corrected chi connectivity index (χ4v) is 2.71. The van der Waals surface area contributed by atoms with E-state index in [4.69, 9.17) is 4.74 Å². The first-order valence-corrected chi connectivity index (χ1v) is 6.70. The summed E-state index contributed by atoms with van der Waals surface area (Å²) in [5.74, 6) is 0.818. The SMILES string of the molecule is CCOC(=O)C1CCN(c2nc(C)ns2)CC1. The van der Waals surface area contributed by atoms with Crippen LogP contribution in [0, 0.1) is 12.8 Å². The molecule has 5 nitrogen and oxygen atoms in total. The molecule has 0 N–H and O–H groups in total. The van der Waals surface area contributed by atoms with E-state index in [-0.39, 0.29) is 11.9 Å². The third-order valence-electron chi connectivity index (χ3n) is 2.90. The zero-order valence-corrected chi connectivity index (χ0v) is 11.0. The lowest BCUT2D eigenvalue weighted by atomic mass is 9.97. The van der Waals surface area contributed by atoms with Crippen molar-refractivity contribution in [1.29, 1.82) is 0 Å². The van der Waals surface area contributed by atoms with E-state index >= 15 is 0 Å². The van der Waals surface area contributed by atoms with E-state index in [1.165, 1.54) is 11.5 Å². The number of nitrogens with zero attached hydrogens (tertiary/aromatic N) is 3. The Balaban J connectivity index is 1.88. The molecule has 1 aliphatic rings. The number of rotatable bonds is 3. The molecule has 0 atom stereocenters. The van der Waals surface area contributed by atoms with Crippen LogP contribution in [0.25, 0.3) is 0 Å². The van der Waals surface area contributed by atoms with Gasteiger partial charge < -0.3 is 9.64 Å². The van der Waals surface area contributed by atoms with Gasteiger partial charge in [-0.25, -0.2) is 4.98 Å². The average Bonchev–Trinajstić information content (AvgIpc) is 2.76. The zero-order chi connectivity index (χ0) is 12.3. The number of hydrogen-bond acceptors (Lipinski definition) is 6. The van der Waals surface area contributed by atoms with E-state index in [9.17, 15) is 4.79 Å². The van der Waals surface area contributed by atoms with Crippen LogP contribution >= 0.6 is 11.5 Å². The Bertz CT molecular complexity index is 386. The second-order valence-electron chi connectivity index (χ2n) is 4.14. The maximum absolute atomic E-state index is 11.6. The predicted octanol–water partition coefficient (Wildman–Crippen LogP) is 1.63. The fourth-order valence-electron chi connectivity index (χ4n) is 1.98. The first-order valence-electron chi connectivity index (χ1n) is 5.92. The number of piperidine rings is 1. The summed E-state index contributed by atoms with van der Waals surface area (Å²) in [4.78, 5) is 18.1. The van der Waals surface area contributed by atoms with E-state index in [0.29, 0.717) is 6.61 Å². The number of carbonyl (C=O) groups is 1. The van der Waals surface area contributed by atoms with Crippen LogP contribution in [0.1, 0.15) is 25.6 Å². The second-order valence-corrected chi connectivity index (χ2v) is 4.87. The Labute approximate surface area is 105 Å². The number of anilines is 1. The molecule has 0 amide bonds. The smallest absolute Gasteiger partial charge is 0.309 e. The van der Waals surface area contributed by atoms with Crippen LogP contribution in [0.4, 0.5) is 5.13 Å². The van der Waals surface area contributed by atoms with Crippen molar-refractivity contribution in [2.45, 2.75) is 26.7 Å². The zero-order valence-electron chi connectivity index (χ0n) is 10.2. The van der Waals surface area contributed by atoms with E-state index in [0.717, 1.165) is 36.9 Å². The molecule has 0 radical (unpaired) electrons. The molecule has 0 aliphatic carbocycles. The van der Waals surface area contributed by atoms with Crippen molar-refractivity contribution in [2.24, 2.45) is 5.92 Å². The van der Waals surface area contributed by atoms with Crippen molar-refractivity contribution in [1.82, 2.24) is 9.36 Å². The molecule has 0 aromatic carbocycles. The maximum atomic E-state index is 11.6. The largest absolute Gasteiger partial charge is 0.466 e. The van der Waals surface area contributed by atoms with E-state index in [1.807, 2.05) is 13.8 Å². The van der Waals surface area contributed by atoms with Gasteiger partial charge in [-0.3, -0.25) is 4.79 Å². The summed E-state index contributed by atoms with van der Waals surface area (Å²) < 4.78 is 9.22. The Morgan fingerprint density at radius 3 is 2.76 bits per heavy atom. The van der Waals surface area contributed by atoms with E-state index in [2.05, 4.69) is 14.3 Å². The average molecular weight is 255 g/mol. The van der Waals surface area contributed by atoms with Crippen molar-refractivity contribution in [3.63, 3.8) is 0 Å². The van der Waals surface area contributed by atoms with Crippen LogP contribution in [0.2, 0.25) is 0 Å². The van der Waals surface area contributed by atoms with Crippen molar-refractivity contribution in [3.05, 3.63) is 5.82 Å². The first kappa shape index (κ1) is 12.3. The lowest BCUT2D eigenvalue weighted by Crippen LogP contribution is -2.36. The number of ether oxygens (including phenoxy) is 1. The maximum Gasteiger partial charge on any atom is 0.309 e. The minimum absolute atomic E-state index is 0.0550. The Hall–Kier alpha value is -1.17. The van der Waals surface area contributed by atoms with Crippen molar-refractivity contribution in [2.75, 3.05) is 24.6 Å². The molecule has 0 unspecified atom stereocenters. The number of carbonyl (C=O) groups excluding carboxylic acids is 1. The van der Waals surface area contributed by atoms with Crippen molar-refractivity contribution < 1.29 is 9.53 Å². The highest BCUT2D eigenvalue weighted by molar-refractivity contribution is 7.09. The normalized spacial score (nSPS) is 17.2. The topological polar surface area (TPSA) is 55.3 Å². The van der Waals surface area contributed by atoms with Gasteiger partial charge in [0.1, 0.15) is 5.82 Å². The standard InChI is InChI=1S/C11H17N3O2S/c1-3-16-10(15)9-4-6-14(7-5-9)11-12-8(2)13-17-11/h9H,3-7H2,1-2H3. The number of hydrogen-bond donors (Lipinski definition) is 0. The molecule has 1 aliphatic heterocycles. The number of aryl methyl sites for hydroxylation is 1. The highest BCUT2D eigenvalue weighted by atomic mass is 32.1. The first-order chi connectivity index (χ1) is 8.20. The Kier molecular flexibility index (Phi) is 3.93. The fraction of sp³-hybridized carbons (Fsp3) is 0.727. The molecule has 94 valence electrons. The molecule has 1 aromatic heterocycles. The van der Waals surface area contributed by atoms with Crippen LogP contribution in [0.3, 0.4) is 0 Å². The summed E-state index contributed by atoms with van der Waals surface area (Å²) in [6.07, 6.45) is 1.69. The molecular formula is C11H17N3O2S. The lowest BCUT2D eigenvalue weighted by Gasteiger charge is -2.30. The molecule has 2 heterocycles. The summed E-state index contributed by atoms with van der Waals surface area (Å²) in [7, 11) is 0. The molecule has 2 rings (SSSR count).